The highest BCUT2D eigenvalue weighted by molar-refractivity contribution is 7.17. The molecule has 1 unspecified atom stereocenters. The van der Waals surface area contributed by atoms with E-state index < -0.39 is 0 Å². The molecule has 2 rings (SSSR count). The van der Waals surface area contributed by atoms with Crippen molar-refractivity contribution in [2.75, 3.05) is 0 Å². The Bertz CT molecular complexity index is 630. The summed E-state index contributed by atoms with van der Waals surface area (Å²) in [5, 5.41) is 10.4. The minimum Gasteiger partial charge on any atom is -0.491 e. The van der Waals surface area contributed by atoms with Gasteiger partial charge in [0, 0.05) is 0 Å². The van der Waals surface area contributed by atoms with E-state index in [1.54, 1.807) is 0 Å². The van der Waals surface area contributed by atoms with Crippen molar-refractivity contribution < 1.29 is 9.53 Å². The Hall–Kier alpha value is -1.66. The van der Waals surface area contributed by atoms with Crippen LogP contribution < -0.4 is 10.1 Å². The van der Waals surface area contributed by atoms with Crippen LogP contribution in [-0.4, -0.2) is 22.2 Å². The fraction of sp³-hybridized carbons (Fsp3) is 0.357. The van der Waals surface area contributed by atoms with Gasteiger partial charge in [0.15, 0.2) is 0 Å². The molecule has 0 saturated carbocycles. The highest BCUT2D eigenvalue weighted by Crippen LogP contribution is 2.21. The molecule has 112 valence electrons. The van der Waals surface area contributed by atoms with E-state index in [0.717, 1.165) is 22.6 Å². The molecule has 0 fully saturated rings. The number of amides is 1. The van der Waals surface area contributed by atoms with Gasteiger partial charge in [-0.2, -0.15) is 0 Å². The summed E-state index contributed by atoms with van der Waals surface area (Å²) in [6, 6.07) is 7.47. The summed E-state index contributed by atoms with van der Waals surface area (Å²) in [5.74, 6) is 0.490. The Morgan fingerprint density at radius 1 is 1.33 bits per heavy atom. The van der Waals surface area contributed by atoms with E-state index in [1.807, 2.05) is 45.0 Å². The van der Waals surface area contributed by atoms with Gasteiger partial charge in [-0.25, -0.2) is 0 Å². The maximum absolute atomic E-state index is 12.0. The fourth-order valence-corrected chi connectivity index (χ4v) is 2.50. The van der Waals surface area contributed by atoms with Gasteiger partial charge in [0.05, 0.1) is 12.1 Å². The lowest BCUT2D eigenvalue weighted by atomic mass is 10.1. The van der Waals surface area contributed by atoms with E-state index in [0.29, 0.717) is 0 Å². The molecule has 0 saturated heterocycles. The Labute approximate surface area is 132 Å². The maximum Gasteiger partial charge on any atom is 0.282 e. The van der Waals surface area contributed by atoms with E-state index in [-0.39, 0.29) is 27.5 Å². The average Bonchev–Trinajstić information content (AvgIpc) is 2.85. The molecule has 0 aliphatic carbocycles. The topological polar surface area (TPSA) is 64.1 Å². The number of nitrogens with zero attached hydrogens (tertiary/aromatic N) is 2. The van der Waals surface area contributed by atoms with Crippen LogP contribution in [0.15, 0.2) is 24.3 Å². The zero-order valence-electron chi connectivity index (χ0n) is 12.0. The molecule has 1 aromatic carbocycles. The summed E-state index contributed by atoms with van der Waals surface area (Å²) >= 11 is 6.73. The van der Waals surface area contributed by atoms with Gasteiger partial charge in [0.25, 0.3) is 5.91 Å². The van der Waals surface area contributed by atoms with Crippen molar-refractivity contribution in [3.63, 3.8) is 0 Å². The monoisotopic (exact) mass is 325 g/mol. The van der Waals surface area contributed by atoms with E-state index in [2.05, 4.69) is 15.5 Å². The molecule has 1 heterocycles. The molecule has 2 aromatic rings. The molecule has 0 radical (unpaired) electrons. The fourth-order valence-electron chi connectivity index (χ4n) is 1.77. The molecule has 0 aliphatic rings. The zero-order chi connectivity index (χ0) is 15.4. The van der Waals surface area contributed by atoms with Crippen LogP contribution in [0.25, 0.3) is 0 Å². The highest BCUT2D eigenvalue weighted by atomic mass is 35.5. The first-order valence-electron chi connectivity index (χ1n) is 6.52. The molecular formula is C14H16ClN3O2S. The average molecular weight is 326 g/mol. The minimum atomic E-state index is -0.290. The van der Waals surface area contributed by atoms with Crippen LogP contribution in [0.3, 0.4) is 0 Å². The predicted octanol–water partition coefficient (Wildman–Crippen LogP) is 3.47. The summed E-state index contributed by atoms with van der Waals surface area (Å²) in [6.07, 6.45) is 0.105. The van der Waals surface area contributed by atoms with E-state index in [4.69, 9.17) is 16.3 Å². The SMILES string of the molecule is CC(C)Oc1cccc(C(C)NC(=O)c2nnc(Cl)s2)c1. The normalized spacial score (nSPS) is 12.2. The summed E-state index contributed by atoms with van der Waals surface area (Å²) in [4.78, 5) is 12.0. The zero-order valence-corrected chi connectivity index (χ0v) is 13.5. The molecule has 1 aromatic heterocycles. The summed E-state index contributed by atoms with van der Waals surface area (Å²) in [7, 11) is 0. The van der Waals surface area contributed by atoms with Gasteiger partial charge in [-0.1, -0.05) is 23.5 Å². The second kappa shape index (κ2) is 6.87. The Kier molecular flexibility index (Phi) is 5.14. The lowest BCUT2D eigenvalue weighted by molar-refractivity contribution is 0.0938. The third-order valence-electron chi connectivity index (χ3n) is 2.67. The molecule has 0 bridgehead atoms. The van der Waals surface area contributed by atoms with Gasteiger partial charge in [-0.15, -0.1) is 10.2 Å². The second-order valence-corrected chi connectivity index (χ2v) is 6.35. The van der Waals surface area contributed by atoms with Gasteiger partial charge in [-0.05, 0) is 50.1 Å². The van der Waals surface area contributed by atoms with Crippen molar-refractivity contribution >= 4 is 28.8 Å². The van der Waals surface area contributed by atoms with Gasteiger partial charge in [0.1, 0.15) is 5.75 Å². The number of hydrogen-bond acceptors (Lipinski definition) is 5. The minimum absolute atomic E-state index is 0.105. The number of ether oxygens (including phenoxy) is 1. The van der Waals surface area contributed by atoms with Crippen LogP contribution in [0, 0.1) is 0 Å². The van der Waals surface area contributed by atoms with Crippen molar-refractivity contribution in [3.05, 3.63) is 39.3 Å². The molecule has 21 heavy (non-hydrogen) atoms. The van der Waals surface area contributed by atoms with E-state index >= 15 is 0 Å². The summed E-state index contributed by atoms with van der Waals surface area (Å²) in [6.45, 7) is 5.84. The summed E-state index contributed by atoms with van der Waals surface area (Å²) < 4.78 is 5.90. The number of rotatable bonds is 5. The van der Waals surface area contributed by atoms with Crippen molar-refractivity contribution in [3.8, 4) is 5.75 Å². The van der Waals surface area contributed by atoms with Gasteiger partial charge >= 0.3 is 0 Å². The number of carbonyl (C=O) groups is 1. The maximum atomic E-state index is 12.0. The summed E-state index contributed by atoms with van der Waals surface area (Å²) in [5.41, 5.74) is 0.956. The number of benzene rings is 1. The van der Waals surface area contributed by atoms with Gasteiger partial charge in [-0.3, -0.25) is 4.79 Å². The Balaban J connectivity index is 2.06. The van der Waals surface area contributed by atoms with Crippen LogP contribution in [-0.2, 0) is 0 Å². The lowest BCUT2D eigenvalue weighted by Gasteiger charge is -2.15. The molecule has 1 N–H and O–H groups in total. The van der Waals surface area contributed by atoms with Gasteiger partial charge in [0.2, 0.25) is 9.47 Å². The molecule has 1 atom stereocenters. The molecule has 1 amide bonds. The first kappa shape index (κ1) is 15.7. The standard InChI is InChI=1S/C14H16ClN3O2S/c1-8(2)20-11-6-4-5-10(7-11)9(3)16-12(19)13-17-18-14(15)21-13/h4-9H,1-3H3,(H,16,19). The van der Waals surface area contributed by atoms with Crippen molar-refractivity contribution in [2.24, 2.45) is 0 Å². The first-order valence-corrected chi connectivity index (χ1v) is 7.71. The Morgan fingerprint density at radius 3 is 2.71 bits per heavy atom. The Morgan fingerprint density at radius 2 is 2.10 bits per heavy atom. The van der Waals surface area contributed by atoms with Crippen LogP contribution in [0.1, 0.15) is 42.2 Å². The van der Waals surface area contributed by atoms with Crippen molar-refractivity contribution in [2.45, 2.75) is 32.9 Å². The number of nitrogens with one attached hydrogen (secondary N) is 1. The largest absolute Gasteiger partial charge is 0.491 e. The first-order chi connectivity index (χ1) is 9.95. The van der Waals surface area contributed by atoms with Crippen molar-refractivity contribution in [1.82, 2.24) is 15.5 Å². The van der Waals surface area contributed by atoms with Crippen LogP contribution in [0.5, 0.6) is 5.75 Å². The number of aromatic nitrogens is 2. The third kappa shape index (κ3) is 4.41. The van der Waals surface area contributed by atoms with Crippen LogP contribution in [0.4, 0.5) is 0 Å². The number of hydrogen-bond donors (Lipinski definition) is 1. The molecule has 5 nitrogen and oxygen atoms in total. The van der Waals surface area contributed by atoms with Crippen molar-refractivity contribution in [1.29, 1.82) is 0 Å². The molecular weight excluding hydrogens is 310 g/mol. The lowest BCUT2D eigenvalue weighted by Crippen LogP contribution is -2.26. The van der Waals surface area contributed by atoms with E-state index in [1.165, 1.54) is 0 Å². The van der Waals surface area contributed by atoms with Gasteiger partial charge < -0.3 is 10.1 Å². The van der Waals surface area contributed by atoms with Crippen LogP contribution >= 0.6 is 22.9 Å². The predicted molar refractivity (Wildman–Crippen MR) is 83.0 cm³/mol. The smallest absolute Gasteiger partial charge is 0.282 e. The highest BCUT2D eigenvalue weighted by Gasteiger charge is 2.16. The van der Waals surface area contributed by atoms with E-state index in [9.17, 15) is 4.79 Å². The molecule has 7 heteroatoms. The molecule has 0 aliphatic heterocycles. The number of halogens is 1. The number of carbonyl (C=O) groups excluding carboxylic acids is 1. The second-order valence-electron chi connectivity index (χ2n) is 4.79. The third-order valence-corrected chi connectivity index (χ3v) is 3.69. The van der Waals surface area contributed by atoms with Crippen LogP contribution in [0.2, 0.25) is 4.47 Å². The quantitative estimate of drug-likeness (QED) is 0.914. The molecule has 0 spiro atoms.